The fraction of sp³-hybridized carbons (Fsp3) is 0.909. The van der Waals surface area contributed by atoms with Gasteiger partial charge in [0.05, 0.1) is 12.1 Å². The third-order valence-corrected chi connectivity index (χ3v) is 2.62. The zero-order valence-corrected chi connectivity index (χ0v) is 9.79. The van der Waals surface area contributed by atoms with E-state index in [0.29, 0.717) is 12.5 Å². The summed E-state index contributed by atoms with van der Waals surface area (Å²) in [6.07, 6.45) is 1.95. The van der Waals surface area contributed by atoms with Gasteiger partial charge in [-0.15, -0.1) is 0 Å². The summed E-state index contributed by atoms with van der Waals surface area (Å²) in [4.78, 5) is 11.5. The molecule has 4 heteroatoms. The molecule has 0 spiro atoms. The lowest BCUT2D eigenvalue weighted by Gasteiger charge is -2.18. The van der Waals surface area contributed by atoms with Gasteiger partial charge in [-0.2, -0.15) is 0 Å². The molecule has 1 saturated carbocycles. The normalized spacial score (nSPS) is 20.1. The molecule has 2 atom stereocenters. The highest BCUT2D eigenvalue weighted by Crippen LogP contribution is 2.32. The van der Waals surface area contributed by atoms with Gasteiger partial charge in [0.1, 0.15) is 0 Å². The van der Waals surface area contributed by atoms with E-state index < -0.39 is 0 Å². The van der Waals surface area contributed by atoms with Gasteiger partial charge in [0, 0.05) is 12.6 Å². The van der Waals surface area contributed by atoms with E-state index in [-0.39, 0.29) is 24.1 Å². The van der Waals surface area contributed by atoms with Gasteiger partial charge in [-0.25, -0.2) is 0 Å². The summed E-state index contributed by atoms with van der Waals surface area (Å²) in [5.74, 6) is 0.450. The smallest absolute Gasteiger partial charge is 0.237 e. The minimum Gasteiger partial charge on any atom is -0.392 e. The Morgan fingerprint density at radius 2 is 2.00 bits per heavy atom. The van der Waals surface area contributed by atoms with E-state index in [0.717, 1.165) is 12.8 Å². The molecule has 0 aromatic rings. The molecule has 2 unspecified atom stereocenters. The molecule has 0 heterocycles. The Morgan fingerprint density at radius 3 is 2.47 bits per heavy atom. The molecule has 1 amide bonds. The number of carbonyl (C=O) groups excluding carboxylic acids is 1. The minimum absolute atomic E-state index is 0.00648. The lowest BCUT2D eigenvalue weighted by molar-refractivity contribution is -0.123. The second-order valence-corrected chi connectivity index (χ2v) is 4.70. The summed E-state index contributed by atoms with van der Waals surface area (Å²) in [6.45, 7) is 6.20. The highest BCUT2D eigenvalue weighted by Gasteiger charge is 2.29. The van der Waals surface area contributed by atoms with Crippen LogP contribution in [0.3, 0.4) is 0 Å². The van der Waals surface area contributed by atoms with Crippen molar-refractivity contribution in [2.75, 3.05) is 6.54 Å². The van der Waals surface area contributed by atoms with Crippen molar-refractivity contribution in [2.45, 2.75) is 51.8 Å². The molecule has 88 valence electrons. The van der Waals surface area contributed by atoms with Crippen LogP contribution >= 0.6 is 0 Å². The third-order valence-electron chi connectivity index (χ3n) is 2.62. The van der Waals surface area contributed by atoms with Gasteiger partial charge < -0.3 is 15.7 Å². The third kappa shape index (κ3) is 4.62. The number of aliphatic hydroxyl groups is 1. The molecule has 0 saturated heterocycles. The van der Waals surface area contributed by atoms with Crippen molar-refractivity contribution >= 4 is 5.91 Å². The number of rotatable bonds is 6. The van der Waals surface area contributed by atoms with Crippen molar-refractivity contribution in [1.29, 1.82) is 0 Å². The predicted molar refractivity (Wildman–Crippen MR) is 59.5 cm³/mol. The van der Waals surface area contributed by atoms with Crippen molar-refractivity contribution in [1.82, 2.24) is 10.6 Å². The summed E-state index contributed by atoms with van der Waals surface area (Å²) in [7, 11) is 0. The Balaban J connectivity index is 2.16. The molecule has 3 N–H and O–H groups in total. The largest absolute Gasteiger partial charge is 0.392 e. The molecule has 1 fully saturated rings. The van der Waals surface area contributed by atoms with Crippen molar-refractivity contribution < 1.29 is 9.90 Å². The molecular weight excluding hydrogens is 192 g/mol. The summed E-state index contributed by atoms with van der Waals surface area (Å²) < 4.78 is 0. The summed E-state index contributed by atoms with van der Waals surface area (Å²) in [5, 5.41) is 15.5. The first-order chi connectivity index (χ1) is 7.00. The number of amides is 1. The highest BCUT2D eigenvalue weighted by atomic mass is 16.3. The zero-order valence-electron chi connectivity index (χ0n) is 9.79. The standard InChI is InChI=1S/C11H22N2O2/c1-7(2)13-11(15)8(3)12-6-10(14)9-4-5-9/h7-10,12,14H,4-6H2,1-3H3,(H,13,15). The summed E-state index contributed by atoms with van der Waals surface area (Å²) in [6, 6.07) is -0.0732. The van der Waals surface area contributed by atoms with E-state index in [9.17, 15) is 9.90 Å². The van der Waals surface area contributed by atoms with Crippen LogP contribution in [0.1, 0.15) is 33.6 Å². The first-order valence-electron chi connectivity index (χ1n) is 5.72. The number of carbonyl (C=O) groups is 1. The second-order valence-electron chi connectivity index (χ2n) is 4.70. The van der Waals surface area contributed by atoms with Crippen LogP contribution in [0.4, 0.5) is 0 Å². The molecule has 1 aliphatic carbocycles. The monoisotopic (exact) mass is 214 g/mol. The molecule has 0 aromatic heterocycles. The molecule has 1 rings (SSSR count). The van der Waals surface area contributed by atoms with Crippen LogP contribution in [0.2, 0.25) is 0 Å². The summed E-state index contributed by atoms with van der Waals surface area (Å²) >= 11 is 0. The predicted octanol–water partition coefficient (Wildman–Crippen LogP) is 0.260. The Hall–Kier alpha value is -0.610. The van der Waals surface area contributed by atoms with Crippen LogP contribution < -0.4 is 10.6 Å². The average molecular weight is 214 g/mol. The lowest BCUT2D eigenvalue weighted by atomic mass is 10.2. The highest BCUT2D eigenvalue weighted by molar-refractivity contribution is 5.81. The molecule has 0 aromatic carbocycles. The SMILES string of the molecule is CC(C)NC(=O)C(C)NCC(O)C1CC1. The maximum atomic E-state index is 11.5. The number of hydrogen-bond acceptors (Lipinski definition) is 3. The fourth-order valence-electron chi connectivity index (χ4n) is 1.45. The second kappa shape index (κ2) is 5.47. The first-order valence-corrected chi connectivity index (χ1v) is 5.72. The molecule has 1 aliphatic rings. The van der Waals surface area contributed by atoms with Gasteiger partial charge >= 0.3 is 0 Å². The van der Waals surface area contributed by atoms with Gasteiger partial charge in [-0.05, 0) is 39.5 Å². The average Bonchev–Trinajstić information content (AvgIpc) is 2.95. The van der Waals surface area contributed by atoms with Crippen LogP contribution in [-0.4, -0.2) is 35.7 Å². The van der Waals surface area contributed by atoms with Crippen molar-refractivity contribution in [2.24, 2.45) is 5.92 Å². The van der Waals surface area contributed by atoms with Gasteiger partial charge in [0.2, 0.25) is 5.91 Å². The van der Waals surface area contributed by atoms with Crippen LogP contribution in [-0.2, 0) is 4.79 Å². The quantitative estimate of drug-likeness (QED) is 0.594. The van der Waals surface area contributed by atoms with Gasteiger partial charge in [0.15, 0.2) is 0 Å². The van der Waals surface area contributed by atoms with Crippen molar-refractivity contribution in [3.8, 4) is 0 Å². The van der Waals surface area contributed by atoms with Gasteiger partial charge in [-0.3, -0.25) is 4.79 Å². The molecule has 4 nitrogen and oxygen atoms in total. The number of nitrogens with one attached hydrogen (secondary N) is 2. The number of aliphatic hydroxyl groups excluding tert-OH is 1. The van der Waals surface area contributed by atoms with Crippen LogP contribution in [0.25, 0.3) is 0 Å². The first kappa shape index (κ1) is 12.5. The van der Waals surface area contributed by atoms with Crippen LogP contribution in [0.5, 0.6) is 0 Å². The molecule has 0 bridgehead atoms. The minimum atomic E-state index is -0.292. The maximum Gasteiger partial charge on any atom is 0.237 e. The molecular formula is C11H22N2O2. The van der Waals surface area contributed by atoms with E-state index in [1.54, 1.807) is 0 Å². The molecule has 0 radical (unpaired) electrons. The zero-order chi connectivity index (χ0) is 11.4. The maximum absolute atomic E-state index is 11.5. The van der Waals surface area contributed by atoms with Crippen molar-refractivity contribution in [3.63, 3.8) is 0 Å². The molecule has 15 heavy (non-hydrogen) atoms. The topological polar surface area (TPSA) is 61.4 Å². The van der Waals surface area contributed by atoms with Crippen LogP contribution in [0, 0.1) is 5.92 Å². The van der Waals surface area contributed by atoms with E-state index in [2.05, 4.69) is 10.6 Å². The van der Waals surface area contributed by atoms with Crippen LogP contribution in [0.15, 0.2) is 0 Å². The van der Waals surface area contributed by atoms with E-state index in [1.165, 1.54) is 0 Å². The summed E-state index contributed by atoms with van der Waals surface area (Å²) in [5.41, 5.74) is 0. The Bertz CT molecular complexity index is 215. The van der Waals surface area contributed by atoms with Gasteiger partial charge in [-0.1, -0.05) is 0 Å². The Kier molecular flexibility index (Phi) is 4.54. The van der Waals surface area contributed by atoms with E-state index in [1.807, 2.05) is 20.8 Å². The van der Waals surface area contributed by atoms with E-state index >= 15 is 0 Å². The Morgan fingerprint density at radius 1 is 1.40 bits per heavy atom. The van der Waals surface area contributed by atoms with E-state index in [4.69, 9.17) is 0 Å². The lowest BCUT2D eigenvalue weighted by Crippen LogP contribution is -2.46. The number of hydrogen-bond donors (Lipinski definition) is 3. The molecule has 0 aliphatic heterocycles. The van der Waals surface area contributed by atoms with Gasteiger partial charge in [0.25, 0.3) is 0 Å². The Labute approximate surface area is 91.4 Å². The van der Waals surface area contributed by atoms with Crippen molar-refractivity contribution in [3.05, 3.63) is 0 Å². The fourth-order valence-corrected chi connectivity index (χ4v) is 1.45.